The van der Waals surface area contributed by atoms with Gasteiger partial charge in [-0.1, -0.05) is 18.2 Å². The van der Waals surface area contributed by atoms with Crippen LogP contribution < -0.4 is 9.80 Å². The molecule has 2 aromatic rings. The topological polar surface area (TPSA) is 49.6 Å². The van der Waals surface area contributed by atoms with Crippen molar-refractivity contribution < 1.29 is 4.92 Å². The average molecular weight is 361 g/mol. The lowest BCUT2D eigenvalue weighted by molar-refractivity contribution is -0.384. The molecule has 1 aliphatic rings. The summed E-state index contributed by atoms with van der Waals surface area (Å²) in [6.07, 6.45) is 0. The van der Waals surface area contributed by atoms with Crippen molar-refractivity contribution in [2.75, 3.05) is 33.3 Å². The number of nitro benzene ring substituents is 1. The van der Waals surface area contributed by atoms with Crippen LogP contribution in [0.2, 0.25) is 0 Å². The van der Waals surface area contributed by atoms with Crippen LogP contribution in [0.15, 0.2) is 48.5 Å². The van der Waals surface area contributed by atoms with Crippen LogP contribution in [0.1, 0.15) is 5.56 Å². The molecule has 2 aromatic carbocycles. The van der Waals surface area contributed by atoms with Gasteiger partial charge in [0, 0.05) is 23.5 Å². The second-order valence-corrected chi connectivity index (χ2v) is 7.47. The van der Waals surface area contributed by atoms with Gasteiger partial charge >= 0.3 is 0 Å². The third-order valence-corrected chi connectivity index (χ3v) is 5.74. The van der Waals surface area contributed by atoms with Crippen LogP contribution in [0.4, 0.5) is 17.1 Å². The van der Waals surface area contributed by atoms with Crippen LogP contribution >= 0.6 is 23.5 Å². The third-order valence-electron chi connectivity index (χ3n) is 3.76. The molecule has 5 nitrogen and oxygen atoms in total. The monoisotopic (exact) mass is 361 g/mol. The molecule has 24 heavy (non-hydrogen) atoms. The van der Waals surface area contributed by atoms with Gasteiger partial charge in [0.25, 0.3) is 5.69 Å². The molecule has 0 unspecified atom stereocenters. The summed E-state index contributed by atoms with van der Waals surface area (Å²) in [7, 11) is 0. The van der Waals surface area contributed by atoms with Crippen LogP contribution in [0.5, 0.6) is 0 Å². The van der Waals surface area contributed by atoms with E-state index in [-0.39, 0.29) is 10.6 Å². The van der Waals surface area contributed by atoms with Crippen LogP contribution in [-0.2, 0) is 0 Å². The fourth-order valence-electron chi connectivity index (χ4n) is 2.52. The molecule has 0 amide bonds. The predicted molar refractivity (Wildman–Crippen MR) is 104 cm³/mol. The summed E-state index contributed by atoms with van der Waals surface area (Å²) in [4.78, 5) is 15.2. The third kappa shape index (κ3) is 4.15. The standard InChI is InChI=1S/C17H19N3O2S2/c1-14-4-2-5-15(8-14)18-10-23-12-19(13-24-11-18)16-6-3-7-17(9-16)20(21)22/h2-9H,10-13H2,1H3. The fourth-order valence-corrected chi connectivity index (χ4v) is 4.76. The van der Waals surface area contributed by atoms with Crippen LogP contribution in [-0.4, -0.2) is 28.4 Å². The first kappa shape index (κ1) is 17.0. The van der Waals surface area contributed by atoms with Crippen molar-refractivity contribution in [3.63, 3.8) is 0 Å². The Balaban J connectivity index is 1.66. The number of hydrogen-bond acceptors (Lipinski definition) is 6. The Morgan fingerprint density at radius 2 is 1.46 bits per heavy atom. The second-order valence-electron chi connectivity index (χ2n) is 5.62. The maximum Gasteiger partial charge on any atom is 0.271 e. The van der Waals surface area contributed by atoms with E-state index >= 15 is 0 Å². The van der Waals surface area contributed by atoms with Crippen molar-refractivity contribution in [3.8, 4) is 0 Å². The largest absolute Gasteiger partial charge is 0.353 e. The van der Waals surface area contributed by atoms with Gasteiger partial charge in [0.15, 0.2) is 0 Å². The first-order valence-electron chi connectivity index (χ1n) is 7.60. The van der Waals surface area contributed by atoms with E-state index in [0.717, 1.165) is 29.2 Å². The smallest absolute Gasteiger partial charge is 0.271 e. The summed E-state index contributed by atoms with van der Waals surface area (Å²) in [5.74, 6) is 3.44. The summed E-state index contributed by atoms with van der Waals surface area (Å²) < 4.78 is 0. The average Bonchev–Trinajstić information content (AvgIpc) is 2.55. The first-order chi connectivity index (χ1) is 11.6. The lowest BCUT2D eigenvalue weighted by Crippen LogP contribution is -2.31. The number of benzene rings is 2. The minimum absolute atomic E-state index is 0.144. The van der Waals surface area contributed by atoms with E-state index < -0.39 is 0 Å². The lowest BCUT2D eigenvalue weighted by Gasteiger charge is -2.32. The van der Waals surface area contributed by atoms with E-state index in [1.807, 2.05) is 29.6 Å². The highest BCUT2D eigenvalue weighted by atomic mass is 32.2. The molecule has 1 aliphatic heterocycles. The molecular formula is C17H19N3O2S2. The molecule has 0 N–H and O–H groups in total. The summed E-state index contributed by atoms with van der Waals surface area (Å²) in [6, 6.07) is 15.4. The van der Waals surface area contributed by atoms with Crippen molar-refractivity contribution in [1.82, 2.24) is 0 Å². The maximum absolute atomic E-state index is 11.0. The van der Waals surface area contributed by atoms with Gasteiger partial charge in [-0.05, 0) is 30.7 Å². The van der Waals surface area contributed by atoms with Gasteiger partial charge in [0.05, 0.1) is 28.4 Å². The molecule has 1 fully saturated rings. The lowest BCUT2D eigenvalue weighted by atomic mass is 10.2. The number of thioether (sulfide) groups is 2. The molecule has 0 bridgehead atoms. The Bertz CT molecular complexity index is 716. The summed E-state index contributed by atoms with van der Waals surface area (Å²) >= 11 is 3.65. The molecule has 0 radical (unpaired) electrons. The Morgan fingerprint density at radius 1 is 0.917 bits per heavy atom. The van der Waals surface area contributed by atoms with E-state index in [2.05, 4.69) is 41.0 Å². The zero-order valence-corrected chi connectivity index (χ0v) is 15.1. The van der Waals surface area contributed by atoms with Crippen molar-refractivity contribution in [2.24, 2.45) is 0 Å². The van der Waals surface area contributed by atoms with Crippen LogP contribution in [0.3, 0.4) is 0 Å². The molecule has 0 aliphatic carbocycles. The number of non-ortho nitro benzene ring substituents is 1. The molecule has 0 saturated carbocycles. The highest BCUT2D eigenvalue weighted by Gasteiger charge is 2.16. The van der Waals surface area contributed by atoms with Gasteiger partial charge in [0.1, 0.15) is 0 Å². The Morgan fingerprint density at radius 3 is 2.00 bits per heavy atom. The van der Waals surface area contributed by atoms with Gasteiger partial charge in [0.2, 0.25) is 0 Å². The molecule has 7 heteroatoms. The quantitative estimate of drug-likeness (QED) is 0.591. The van der Waals surface area contributed by atoms with E-state index in [0.29, 0.717) is 0 Å². The SMILES string of the molecule is Cc1cccc(N2CSCN(c3cccc([N+](=O)[O-])c3)CSC2)c1. The zero-order chi connectivity index (χ0) is 16.9. The Kier molecular flexibility index (Phi) is 5.52. The molecule has 0 spiro atoms. The number of nitrogens with zero attached hydrogens (tertiary/aromatic N) is 3. The van der Waals surface area contributed by atoms with E-state index in [1.54, 1.807) is 12.1 Å². The minimum atomic E-state index is -0.340. The molecular weight excluding hydrogens is 342 g/mol. The molecule has 3 rings (SSSR count). The minimum Gasteiger partial charge on any atom is -0.353 e. The van der Waals surface area contributed by atoms with Gasteiger partial charge in [-0.15, -0.1) is 23.5 Å². The van der Waals surface area contributed by atoms with E-state index in [9.17, 15) is 10.1 Å². The number of hydrogen-bond donors (Lipinski definition) is 0. The predicted octanol–water partition coefficient (Wildman–Crippen LogP) is 4.53. The Labute approximate surface area is 150 Å². The number of aryl methyl sites for hydroxylation is 1. The van der Waals surface area contributed by atoms with E-state index in [1.165, 1.54) is 17.3 Å². The van der Waals surface area contributed by atoms with Gasteiger partial charge in [-0.3, -0.25) is 10.1 Å². The second kappa shape index (κ2) is 7.81. The highest BCUT2D eigenvalue weighted by Crippen LogP contribution is 2.29. The van der Waals surface area contributed by atoms with Gasteiger partial charge in [-0.25, -0.2) is 0 Å². The molecule has 1 heterocycles. The summed E-state index contributed by atoms with van der Waals surface area (Å²) in [5.41, 5.74) is 3.57. The first-order valence-corrected chi connectivity index (χ1v) is 9.91. The van der Waals surface area contributed by atoms with Gasteiger partial charge in [-0.2, -0.15) is 0 Å². The normalized spacial score (nSPS) is 15.7. The number of nitro groups is 1. The zero-order valence-electron chi connectivity index (χ0n) is 13.4. The molecule has 126 valence electrons. The Hall–Kier alpha value is -1.86. The van der Waals surface area contributed by atoms with Crippen molar-refractivity contribution in [3.05, 3.63) is 64.2 Å². The van der Waals surface area contributed by atoms with Crippen LogP contribution in [0.25, 0.3) is 0 Å². The fraction of sp³-hybridized carbons (Fsp3) is 0.294. The summed E-state index contributed by atoms with van der Waals surface area (Å²) in [6.45, 7) is 2.11. The van der Waals surface area contributed by atoms with Crippen molar-refractivity contribution in [1.29, 1.82) is 0 Å². The molecule has 0 aromatic heterocycles. The van der Waals surface area contributed by atoms with Gasteiger partial charge < -0.3 is 9.80 Å². The summed E-state index contributed by atoms with van der Waals surface area (Å²) in [5, 5.41) is 11.0. The molecule has 1 saturated heterocycles. The number of anilines is 2. The highest BCUT2D eigenvalue weighted by molar-refractivity contribution is 8.01. The maximum atomic E-state index is 11.0. The molecule has 0 atom stereocenters. The van der Waals surface area contributed by atoms with Crippen molar-refractivity contribution in [2.45, 2.75) is 6.92 Å². The van der Waals surface area contributed by atoms with Crippen LogP contribution in [0, 0.1) is 17.0 Å². The van der Waals surface area contributed by atoms with E-state index in [4.69, 9.17) is 0 Å². The number of rotatable bonds is 3. The van der Waals surface area contributed by atoms with Crippen molar-refractivity contribution >= 4 is 40.6 Å².